The molecule has 1 aliphatic rings. The van der Waals surface area contributed by atoms with Gasteiger partial charge in [0.25, 0.3) is 0 Å². The number of hydrogen-bond donors (Lipinski definition) is 1. The topological polar surface area (TPSA) is 26.0 Å². The normalized spacial score (nSPS) is 24.2. The van der Waals surface area contributed by atoms with Crippen molar-refractivity contribution < 1.29 is 4.39 Å². The van der Waals surface area contributed by atoms with Gasteiger partial charge in [0.2, 0.25) is 0 Å². The Bertz CT molecular complexity index is 444. The minimum atomic E-state index is -0.241. The first-order chi connectivity index (χ1) is 8.90. The monoisotopic (exact) mass is 283 g/mol. The van der Waals surface area contributed by atoms with Crippen LogP contribution in [0, 0.1) is 17.2 Å². The van der Waals surface area contributed by atoms with Crippen molar-refractivity contribution >= 4 is 11.6 Å². The van der Waals surface area contributed by atoms with Crippen LogP contribution in [0.15, 0.2) is 18.2 Å². The van der Waals surface area contributed by atoms with E-state index in [0.29, 0.717) is 17.4 Å². The Kier molecular flexibility index (Phi) is 4.52. The molecule has 1 aliphatic carbocycles. The largest absolute Gasteiger partial charge is 0.327 e. The van der Waals surface area contributed by atoms with E-state index in [9.17, 15) is 4.39 Å². The van der Waals surface area contributed by atoms with E-state index in [1.807, 2.05) is 0 Å². The van der Waals surface area contributed by atoms with Gasteiger partial charge in [-0.15, -0.1) is 0 Å². The average Bonchev–Trinajstić information content (AvgIpc) is 2.33. The molecule has 0 heterocycles. The molecular weight excluding hydrogens is 261 g/mol. The Morgan fingerprint density at radius 1 is 1.42 bits per heavy atom. The molecule has 0 amide bonds. The van der Waals surface area contributed by atoms with E-state index < -0.39 is 0 Å². The third kappa shape index (κ3) is 3.49. The minimum absolute atomic E-state index is 0.0506. The Hall–Kier alpha value is -0.600. The fraction of sp³-hybridized carbons (Fsp3) is 0.625. The van der Waals surface area contributed by atoms with E-state index in [1.165, 1.54) is 37.8 Å². The fourth-order valence-corrected chi connectivity index (χ4v) is 3.61. The first kappa shape index (κ1) is 14.8. The quantitative estimate of drug-likeness (QED) is 0.864. The van der Waals surface area contributed by atoms with Gasteiger partial charge in [-0.1, -0.05) is 38.3 Å². The van der Waals surface area contributed by atoms with Crippen LogP contribution in [-0.4, -0.2) is 6.04 Å². The van der Waals surface area contributed by atoms with Crippen molar-refractivity contribution in [3.63, 3.8) is 0 Å². The highest BCUT2D eigenvalue weighted by Gasteiger charge is 2.36. The van der Waals surface area contributed by atoms with E-state index in [-0.39, 0.29) is 17.3 Å². The van der Waals surface area contributed by atoms with Crippen molar-refractivity contribution in [2.24, 2.45) is 17.1 Å². The van der Waals surface area contributed by atoms with Crippen LogP contribution in [0.2, 0.25) is 5.02 Å². The summed E-state index contributed by atoms with van der Waals surface area (Å²) in [5.41, 5.74) is 7.50. The Balaban J connectivity index is 2.11. The van der Waals surface area contributed by atoms with Crippen LogP contribution in [0.1, 0.15) is 45.1 Å². The summed E-state index contributed by atoms with van der Waals surface area (Å²) in [4.78, 5) is 0. The molecule has 1 aromatic rings. The predicted octanol–water partition coefficient (Wildman–Crippen LogP) is 4.57. The molecular formula is C16H23ClFN. The van der Waals surface area contributed by atoms with Gasteiger partial charge >= 0.3 is 0 Å². The van der Waals surface area contributed by atoms with Gasteiger partial charge in [0.1, 0.15) is 5.82 Å². The summed E-state index contributed by atoms with van der Waals surface area (Å²) in [6.07, 6.45) is 5.59. The first-order valence-electron chi connectivity index (χ1n) is 7.09. The second-order valence-corrected chi connectivity index (χ2v) is 6.85. The summed E-state index contributed by atoms with van der Waals surface area (Å²) in [7, 11) is 0. The van der Waals surface area contributed by atoms with Crippen LogP contribution in [0.25, 0.3) is 0 Å². The lowest BCUT2D eigenvalue weighted by atomic mass is 9.65. The molecule has 0 aromatic heterocycles. The van der Waals surface area contributed by atoms with Gasteiger partial charge in [0.15, 0.2) is 0 Å². The maximum absolute atomic E-state index is 13.3. The van der Waals surface area contributed by atoms with Gasteiger partial charge in [-0.25, -0.2) is 4.39 Å². The second-order valence-electron chi connectivity index (χ2n) is 6.44. The van der Waals surface area contributed by atoms with Gasteiger partial charge in [-0.2, -0.15) is 0 Å². The smallest absolute Gasteiger partial charge is 0.123 e. The molecule has 3 heteroatoms. The van der Waals surface area contributed by atoms with Crippen molar-refractivity contribution in [2.45, 2.75) is 52.0 Å². The number of hydrogen-bond acceptors (Lipinski definition) is 1. The molecule has 19 heavy (non-hydrogen) atoms. The van der Waals surface area contributed by atoms with Crippen LogP contribution in [-0.2, 0) is 6.42 Å². The van der Waals surface area contributed by atoms with E-state index in [0.717, 1.165) is 5.56 Å². The van der Waals surface area contributed by atoms with Gasteiger partial charge in [-0.3, -0.25) is 0 Å². The van der Waals surface area contributed by atoms with E-state index in [4.69, 9.17) is 17.3 Å². The predicted molar refractivity (Wildman–Crippen MR) is 78.8 cm³/mol. The zero-order valence-electron chi connectivity index (χ0n) is 11.8. The van der Waals surface area contributed by atoms with Gasteiger partial charge in [0, 0.05) is 11.1 Å². The van der Waals surface area contributed by atoms with Crippen LogP contribution < -0.4 is 5.73 Å². The highest BCUT2D eigenvalue weighted by molar-refractivity contribution is 6.31. The van der Waals surface area contributed by atoms with Crippen molar-refractivity contribution in [3.8, 4) is 0 Å². The van der Waals surface area contributed by atoms with E-state index in [2.05, 4.69) is 13.8 Å². The summed E-state index contributed by atoms with van der Waals surface area (Å²) in [6, 6.07) is 4.57. The van der Waals surface area contributed by atoms with Gasteiger partial charge in [0.05, 0.1) is 0 Å². The van der Waals surface area contributed by atoms with Crippen LogP contribution >= 0.6 is 11.6 Å². The molecule has 0 spiro atoms. The molecule has 1 fully saturated rings. The van der Waals surface area contributed by atoms with Crippen molar-refractivity contribution in [1.29, 1.82) is 0 Å². The standard InChI is InChI=1S/C16H23ClFN/c1-16(2)8-4-3-5-13(16)15(19)10-11-9-12(18)6-7-14(11)17/h6-7,9,13,15H,3-5,8,10,19H2,1-2H3. The molecule has 0 radical (unpaired) electrons. The van der Waals surface area contributed by atoms with Crippen molar-refractivity contribution in [2.75, 3.05) is 0 Å². The zero-order chi connectivity index (χ0) is 14.0. The number of rotatable bonds is 3. The van der Waals surface area contributed by atoms with Gasteiger partial charge < -0.3 is 5.73 Å². The molecule has 106 valence electrons. The number of benzene rings is 1. The van der Waals surface area contributed by atoms with E-state index >= 15 is 0 Å². The average molecular weight is 284 g/mol. The highest BCUT2D eigenvalue weighted by atomic mass is 35.5. The molecule has 2 rings (SSSR count). The van der Waals surface area contributed by atoms with Crippen molar-refractivity contribution in [3.05, 3.63) is 34.6 Å². The Labute approximate surface area is 120 Å². The SMILES string of the molecule is CC1(C)CCCCC1C(N)Cc1cc(F)ccc1Cl. The highest BCUT2D eigenvalue weighted by Crippen LogP contribution is 2.42. The molecule has 1 saturated carbocycles. The van der Waals surface area contributed by atoms with Gasteiger partial charge in [-0.05, 0) is 54.4 Å². The Morgan fingerprint density at radius 2 is 2.16 bits per heavy atom. The maximum Gasteiger partial charge on any atom is 0.123 e. The molecule has 0 bridgehead atoms. The van der Waals surface area contributed by atoms with Crippen LogP contribution in [0.5, 0.6) is 0 Å². The summed E-state index contributed by atoms with van der Waals surface area (Å²) >= 11 is 6.13. The Morgan fingerprint density at radius 3 is 2.84 bits per heavy atom. The zero-order valence-corrected chi connectivity index (χ0v) is 12.5. The molecule has 1 nitrogen and oxygen atoms in total. The lowest BCUT2D eigenvalue weighted by Crippen LogP contribution is -2.43. The first-order valence-corrected chi connectivity index (χ1v) is 7.47. The minimum Gasteiger partial charge on any atom is -0.327 e. The van der Waals surface area contributed by atoms with E-state index in [1.54, 1.807) is 6.07 Å². The lowest BCUT2D eigenvalue weighted by molar-refractivity contribution is 0.112. The summed E-state index contributed by atoms with van der Waals surface area (Å²) in [5, 5.41) is 0.616. The van der Waals surface area contributed by atoms with Crippen LogP contribution in [0.3, 0.4) is 0 Å². The molecule has 0 aliphatic heterocycles. The molecule has 0 saturated heterocycles. The summed E-state index contributed by atoms with van der Waals surface area (Å²) in [5.74, 6) is 0.245. The third-order valence-electron chi connectivity index (χ3n) is 4.57. The lowest BCUT2D eigenvalue weighted by Gasteiger charge is -2.42. The second kappa shape index (κ2) is 5.80. The molecule has 2 atom stereocenters. The summed E-state index contributed by atoms with van der Waals surface area (Å²) in [6.45, 7) is 4.59. The molecule has 2 N–H and O–H groups in total. The third-order valence-corrected chi connectivity index (χ3v) is 4.94. The maximum atomic E-state index is 13.3. The number of nitrogens with two attached hydrogens (primary N) is 1. The van der Waals surface area contributed by atoms with Crippen LogP contribution in [0.4, 0.5) is 4.39 Å². The fourth-order valence-electron chi connectivity index (χ4n) is 3.41. The number of halogens is 2. The molecule has 2 unspecified atom stereocenters. The molecule has 1 aromatic carbocycles. The van der Waals surface area contributed by atoms with Crippen molar-refractivity contribution in [1.82, 2.24) is 0 Å². The summed E-state index contributed by atoms with van der Waals surface area (Å²) < 4.78 is 13.3.